The molecule has 0 fully saturated rings. The second-order valence-corrected chi connectivity index (χ2v) is 8.17. The van der Waals surface area contributed by atoms with Gasteiger partial charge in [0.25, 0.3) is 0 Å². The van der Waals surface area contributed by atoms with E-state index in [1.165, 1.54) is 0 Å². The van der Waals surface area contributed by atoms with Crippen molar-refractivity contribution in [3.63, 3.8) is 0 Å². The zero-order chi connectivity index (χ0) is 20.8. The van der Waals surface area contributed by atoms with E-state index in [4.69, 9.17) is 4.74 Å². The highest BCUT2D eigenvalue weighted by Crippen LogP contribution is 2.34. The van der Waals surface area contributed by atoms with Gasteiger partial charge in [0.15, 0.2) is 18.9 Å². The number of esters is 1. The van der Waals surface area contributed by atoms with Crippen LogP contribution in [0.2, 0.25) is 0 Å². The van der Waals surface area contributed by atoms with E-state index in [2.05, 4.69) is 19.5 Å². The highest BCUT2D eigenvalue weighted by molar-refractivity contribution is 7.54. The monoisotopic (exact) mass is 418 g/mol. The molecule has 0 aliphatic carbocycles. The zero-order valence-electron chi connectivity index (χ0n) is 16.5. The van der Waals surface area contributed by atoms with Crippen LogP contribution in [0.25, 0.3) is 11.3 Å². The number of aromatic nitrogens is 3. The number of fused-ring (bicyclic) bond motifs is 1. The van der Waals surface area contributed by atoms with Gasteiger partial charge in [0.1, 0.15) is 32.6 Å². The smallest absolute Gasteiger partial charge is 0.312 e. The molecule has 1 atom stereocenters. The van der Waals surface area contributed by atoms with Gasteiger partial charge in [-0.15, -0.1) is 0 Å². The maximum Gasteiger partial charge on any atom is 0.312 e. The lowest BCUT2D eigenvalue weighted by Gasteiger charge is -2.04. The number of pyridine rings is 1. The first-order chi connectivity index (χ1) is 14.7. The van der Waals surface area contributed by atoms with E-state index in [9.17, 15) is 4.79 Å². The third-order valence-electron chi connectivity index (χ3n) is 4.53. The minimum absolute atomic E-state index is 0.219. The molecular weight excluding hydrogens is 397 g/mol. The van der Waals surface area contributed by atoms with Crippen LogP contribution in [-0.4, -0.2) is 35.0 Å². The molecule has 1 aliphatic rings. The van der Waals surface area contributed by atoms with Crippen molar-refractivity contribution in [3.8, 4) is 11.3 Å². The van der Waals surface area contributed by atoms with Crippen molar-refractivity contribution in [3.05, 3.63) is 78.0 Å². The van der Waals surface area contributed by atoms with Crippen LogP contribution in [0, 0.1) is 0 Å². The topological polar surface area (TPSA) is 80.7 Å². The first-order valence-electron chi connectivity index (χ1n) is 9.55. The van der Waals surface area contributed by atoms with Crippen LogP contribution >= 0.6 is 8.22 Å². The Morgan fingerprint density at radius 3 is 2.53 bits per heavy atom. The van der Waals surface area contributed by atoms with Gasteiger partial charge in [-0.3, -0.25) is 9.78 Å². The molecule has 0 spiro atoms. The zero-order valence-corrected chi connectivity index (χ0v) is 17.4. The quantitative estimate of drug-likeness (QED) is 0.349. The lowest BCUT2D eigenvalue weighted by molar-refractivity contribution is -0.695. The SMILES string of the molecule is CP1N=Cc2ncc(-c3cc[n+](CCC(=O)OCc4ccccc4)cc3)nc2C=N1. The van der Waals surface area contributed by atoms with E-state index >= 15 is 0 Å². The number of hydrogen-bond donors (Lipinski definition) is 0. The van der Waals surface area contributed by atoms with Crippen molar-refractivity contribution >= 4 is 26.6 Å². The summed E-state index contributed by atoms with van der Waals surface area (Å²) in [6.45, 7) is 2.82. The molecule has 1 aliphatic heterocycles. The van der Waals surface area contributed by atoms with Crippen LogP contribution in [0.5, 0.6) is 0 Å². The molecule has 7 nitrogen and oxygen atoms in total. The summed E-state index contributed by atoms with van der Waals surface area (Å²) in [7, 11) is -0.741. The molecule has 4 rings (SSSR count). The fourth-order valence-corrected chi connectivity index (χ4v) is 3.47. The van der Waals surface area contributed by atoms with Crippen molar-refractivity contribution in [1.82, 2.24) is 9.97 Å². The number of benzene rings is 1. The average Bonchev–Trinajstić information content (AvgIpc) is 2.98. The fourth-order valence-electron chi connectivity index (χ4n) is 2.86. The van der Waals surface area contributed by atoms with Crippen LogP contribution in [0.15, 0.2) is 70.6 Å². The highest BCUT2D eigenvalue weighted by atomic mass is 31.1. The molecule has 0 radical (unpaired) electrons. The number of rotatable bonds is 6. The molecule has 0 bridgehead atoms. The molecule has 3 heterocycles. The number of hydrogen-bond acceptors (Lipinski definition) is 6. The summed E-state index contributed by atoms with van der Waals surface area (Å²) >= 11 is 0. The molecule has 2 aromatic heterocycles. The van der Waals surface area contributed by atoms with E-state index in [1.54, 1.807) is 18.6 Å². The number of aryl methyl sites for hydroxylation is 1. The van der Waals surface area contributed by atoms with Gasteiger partial charge in [0, 0.05) is 17.7 Å². The molecule has 8 heteroatoms. The summed E-state index contributed by atoms with van der Waals surface area (Å²) in [6.07, 6.45) is 9.38. The van der Waals surface area contributed by atoms with E-state index in [0.717, 1.165) is 28.2 Å². The van der Waals surface area contributed by atoms with Crippen LogP contribution in [0.3, 0.4) is 0 Å². The lowest BCUT2D eigenvalue weighted by atomic mass is 10.2. The van der Waals surface area contributed by atoms with Crippen molar-refractivity contribution in [2.45, 2.75) is 19.6 Å². The van der Waals surface area contributed by atoms with Gasteiger partial charge in [-0.2, -0.15) is 0 Å². The maximum atomic E-state index is 12.0. The van der Waals surface area contributed by atoms with Crippen molar-refractivity contribution in [1.29, 1.82) is 0 Å². The Bertz CT molecular complexity index is 1080. The van der Waals surface area contributed by atoms with Gasteiger partial charge in [0.05, 0.1) is 24.3 Å². The average molecular weight is 418 g/mol. The first kappa shape index (κ1) is 20.0. The normalized spacial score (nSPS) is 14.8. The number of carbonyl (C=O) groups excluding carboxylic acids is 1. The fraction of sp³-hybridized carbons (Fsp3) is 0.182. The minimum Gasteiger partial charge on any atom is -0.461 e. The molecule has 0 N–H and O–H groups in total. The summed E-state index contributed by atoms with van der Waals surface area (Å²) in [5, 5.41) is 0. The Morgan fingerprint density at radius 2 is 1.77 bits per heavy atom. The highest BCUT2D eigenvalue weighted by Gasteiger charge is 2.12. The molecular formula is C22H21N5O2P+. The van der Waals surface area contributed by atoms with E-state index in [0.29, 0.717) is 19.6 Å². The second-order valence-electron chi connectivity index (χ2n) is 6.73. The Labute approximate surface area is 176 Å². The van der Waals surface area contributed by atoms with Crippen LogP contribution in [0.4, 0.5) is 0 Å². The van der Waals surface area contributed by atoms with E-state index in [-0.39, 0.29) is 5.97 Å². The third-order valence-corrected chi connectivity index (χ3v) is 5.43. The molecule has 1 unspecified atom stereocenters. The molecule has 0 saturated heterocycles. The lowest BCUT2D eigenvalue weighted by Crippen LogP contribution is -2.34. The molecule has 150 valence electrons. The van der Waals surface area contributed by atoms with Gasteiger partial charge < -0.3 is 4.74 Å². The summed E-state index contributed by atoms with van der Waals surface area (Å²) < 4.78 is 16.0. The van der Waals surface area contributed by atoms with Crippen molar-refractivity contribution in [2.75, 3.05) is 6.66 Å². The van der Waals surface area contributed by atoms with Gasteiger partial charge in [-0.25, -0.2) is 19.1 Å². The number of nitrogens with zero attached hydrogens (tertiary/aromatic N) is 5. The summed E-state index contributed by atoms with van der Waals surface area (Å²) in [5.74, 6) is -0.219. The van der Waals surface area contributed by atoms with Gasteiger partial charge in [-0.1, -0.05) is 30.3 Å². The molecule has 30 heavy (non-hydrogen) atoms. The largest absolute Gasteiger partial charge is 0.461 e. The van der Waals surface area contributed by atoms with E-state index in [1.807, 2.05) is 66.1 Å². The molecule has 1 aromatic carbocycles. The van der Waals surface area contributed by atoms with Crippen molar-refractivity contribution in [2.24, 2.45) is 9.53 Å². The standard InChI is InChI=1S/C22H21N5O2P/c1-30-24-14-20-21(15-25-30)26-19(13-23-20)18-7-10-27(11-8-18)12-9-22(28)29-16-17-5-3-2-4-6-17/h2-8,10-11,13-15H,9,12,16H2,1H3/q+1. The molecule has 3 aromatic rings. The predicted octanol–water partition coefficient (Wildman–Crippen LogP) is 3.36. The Balaban J connectivity index is 1.35. The number of ether oxygens (including phenoxy) is 1. The van der Waals surface area contributed by atoms with Crippen LogP contribution < -0.4 is 4.57 Å². The molecule has 0 saturated carbocycles. The summed E-state index contributed by atoms with van der Waals surface area (Å²) in [6, 6.07) is 13.6. The third kappa shape index (κ3) is 5.19. The Morgan fingerprint density at radius 1 is 1.03 bits per heavy atom. The number of carbonyl (C=O) groups is 1. The van der Waals surface area contributed by atoms with Crippen LogP contribution in [0.1, 0.15) is 23.4 Å². The Kier molecular flexibility index (Phi) is 6.30. The Hall–Kier alpha value is -3.31. The van der Waals surface area contributed by atoms with Gasteiger partial charge >= 0.3 is 5.97 Å². The van der Waals surface area contributed by atoms with Gasteiger partial charge in [0.2, 0.25) is 0 Å². The maximum absolute atomic E-state index is 12.0. The predicted molar refractivity (Wildman–Crippen MR) is 117 cm³/mol. The minimum atomic E-state index is -0.741. The molecule has 0 amide bonds. The van der Waals surface area contributed by atoms with Gasteiger partial charge in [-0.05, 0) is 12.2 Å². The van der Waals surface area contributed by atoms with Crippen LogP contribution in [-0.2, 0) is 22.7 Å². The van der Waals surface area contributed by atoms with E-state index < -0.39 is 8.22 Å². The second kappa shape index (κ2) is 9.46. The first-order valence-corrected chi connectivity index (χ1v) is 11.2. The summed E-state index contributed by atoms with van der Waals surface area (Å²) in [5.41, 5.74) is 4.15. The summed E-state index contributed by atoms with van der Waals surface area (Å²) in [4.78, 5) is 21.1. The van der Waals surface area contributed by atoms with Crippen molar-refractivity contribution < 1.29 is 14.1 Å².